The van der Waals surface area contributed by atoms with Crippen molar-refractivity contribution in [3.8, 4) is 0 Å². The van der Waals surface area contributed by atoms with Crippen molar-refractivity contribution in [1.29, 1.82) is 0 Å². The summed E-state index contributed by atoms with van der Waals surface area (Å²) < 4.78 is 1.66. The van der Waals surface area contributed by atoms with E-state index in [1.54, 1.807) is 10.6 Å². The highest BCUT2D eigenvalue weighted by Gasteiger charge is 2.09. The summed E-state index contributed by atoms with van der Waals surface area (Å²) in [5.41, 5.74) is 6.64. The summed E-state index contributed by atoms with van der Waals surface area (Å²) in [7, 11) is 0. The molecule has 1 heterocycles. The Morgan fingerprint density at radius 2 is 2.12 bits per heavy atom. The van der Waals surface area contributed by atoms with E-state index in [2.05, 4.69) is 4.98 Å². The first-order valence-corrected chi connectivity index (χ1v) is 5.85. The molecule has 2 aromatic rings. The normalized spacial score (nSPS) is 12.9. The molecule has 0 unspecified atom stereocenters. The quantitative estimate of drug-likeness (QED) is 0.869. The van der Waals surface area contributed by atoms with Crippen molar-refractivity contribution < 1.29 is 0 Å². The average molecular weight is 231 g/mol. The van der Waals surface area contributed by atoms with Gasteiger partial charge in [0.1, 0.15) is 5.82 Å². The zero-order chi connectivity index (χ0) is 12.4. The molecule has 4 nitrogen and oxygen atoms in total. The molecule has 2 rings (SSSR count). The molecule has 90 valence electrons. The van der Waals surface area contributed by atoms with Crippen LogP contribution in [0.5, 0.6) is 0 Å². The van der Waals surface area contributed by atoms with Crippen LogP contribution < -0.4 is 11.3 Å². The summed E-state index contributed by atoms with van der Waals surface area (Å²) in [6.07, 6.45) is 0.846. The van der Waals surface area contributed by atoms with Crippen molar-refractivity contribution in [3.63, 3.8) is 0 Å². The molecule has 1 atom stereocenters. The van der Waals surface area contributed by atoms with Crippen LogP contribution in [0.25, 0.3) is 10.9 Å². The van der Waals surface area contributed by atoms with E-state index in [1.165, 1.54) is 0 Å². The number of nitrogens with two attached hydrogens (primary N) is 1. The lowest BCUT2D eigenvalue weighted by molar-refractivity contribution is 0.514. The van der Waals surface area contributed by atoms with Gasteiger partial charge in [0.15, 0.2) is 0 Å². The van der Waals surface area contributed by atoms with Crippen molar-refractivity contribution in [3.05, 3.63) is 40.4 Å². The summed E-state index contributed by atoms with van der Waals surface area (Å²) >= 11 is 0. The second-order valence-electron chi connectivity index (χ2n) is 4.26. The Labute approximate surface area is 100 Å². The van der Waals surface area contributed by atoms with Crippen LogP contribution in [0.15, 0.2) is 29.1 Å². The van der Waals surface area contributed by atoms with E-state index in [0.29, 0.717) is 11.9 Å². The first-order chi connectivity index (χ1) is 8.13. The maximum atomic E-state index is 12.3. The number of fused-ring (bicyclic) bond motifs is 1. The first-order valence-electron chi connectivity index (χ1n) is 5.85. The lowest BCUT2D eigenvalue weighted by Crippen LogP contribution is -2.33. The Hall–Kier alpha value is -1.68. The number of hydrogen-bond acceptors (Lipinski definition) is 3. The van der Waals surface area contributed by atoms with Crippen LogP contribution >= 0.6 is 0 Å². The molecule has 0 bridgehead atoms. The fourth-order valence-corrected chi connectivity index (χ4v) is 1.86. The molecule has 0 saturated heterocycles. The second kappa shape index (κ2) is 4.67. The van der Waals surface area contributed by atoms with Gasteiger partial charge in [-0.05, 0) is 25.5 Å². The van der Waals surface area contributed by atoms with Gasteiger partial charge in [0.05, 0.1) is 10.9 Å². The summed E-state index contributed by atoms with van der Waals surface area (Å²) in [6, 6.07) is 7.39. The van der Waals surface area contributed by atoms with E-state index in [4.69, 9.17) is 5.73 Å². The SMILES string of the molecule is CC[C@@H](N)Cn1c(C)nc2ccccc2c1=O. The third-order valence-electron chi connectivity index (χ3n) is 2.99. The lowest BCUT2D eigenvalue weighted by atomic mass is 10.2. The Morgan fingerprint density at radius 1 is 1.41 bits per heavy atom. The van der Waals surface area contributed by atoms with Gasteiger partial charge in [0.25, 0.3) is 5.56 Å². The van der Waals surface area contributed by atoms with Gasteiger partial charge in [-0.3, -0.25) is 9.36 Å². The molecule has 0 radical (unpaired) electrons. The van der Waals surface area contributed by atoms with Crippen LogP contribution in [-0.2, 0) is 6.54 Å². The molecule has 4 heteroatoms. The summed E-state index contributed by atoms with van der Waals surface area (Å²) in [5, 5.41) is 0.654. The van der Waals surface area contributed by atoms with Crippen molar-refractivity contribution >= 4 is 10.9 Å². The summed E-state index contributed by atoms with van der Waals surface area (Å²) in [6.45, 7) is 4.38. The topological polar surface area (TPSA) is 60.9 Å². The van der Waals surface area contributed by atoms with Crippen molar-refractivity contribution in [2.75, 3.05) is 0 Å². The van der Waals surface area contributed by atoms with Crippen LogP contribution in [0, 0.1) is 6.92 Å². The van der Waals surface area contributed by atoms with Crippen LogP contribution in [0.3, 0.4) is 0 Å². The van der Waals surface area contributed by atoms with Gasteiger partial charge in [-0.25, -0.2) is 4.98 Å². The Kier molecular flexibility index (Phi) is 3.24. The third-order valence-corrected chi connectivity index (χ3v) is 2.99. The van der Waals surface area contributed by atoms with Crippen LogP contribution in [-0.4, -0.2) is 15.6 Å². The molecular formula is C13H17N3O. The van der Waals surface area contributed by atoms with Crippen molar-refractivity contribution in [2.24, 2.45) is 5.73 Å². The van der Waals surface area contributed by atoms with E-state index in [0.717, 1.165) is 17.8 Å². The minimum absolute atomic E-state index is 0.00278. The molecule has 2 N–H and O–H groups in total. The zero-order valence-electron chi connectivity index (χ0n) is 10.2. The zero-order valence-corrected chi connectivity index (χ0v) is 10.2. The van der Waals surface area contributed by atoms with Crippen LogP contribution in [0.1, 0.15) is 19.2 Å². The maximum Gasteiger partial charge on any atom is 0.261 e. The number of aryl methyl sites for hydroxylation is 1. The van der Waals surface area contributed by atoms with E-state index >= 15 is 0 Å². The Bertz CT molecular complexity index is 589. The molecule has 0 spiro atoms. The predicted octanol–water partition coefficient (Wildman–Crippen LogP) is 1.44. The number of para-hydroxylation sites is 1. The monoisotopic (exact) mass is 231 g/mol. The predicted molar refractivity (Wildman–Crippen MR) is 69.0 cm³/mol. The number of nitrogens with zero attached hydrogens (tertiary/aromatic N) is 2. The average Bonchev–Trinajstić information content (AvgIpc) is 2.34. The molecule has 0 aliphatic heterocycles. The molecule has 17 heavy (non-hydrogen) atoms. The summed E-state index contributed by atoms with van der Waals surface area (Å²) in [4.78, 5) is 16.7. The first kappa shape index (κ1) is 11.8. The second-order valence-corrected chi connectivity index (χ2v) is 4.26. The Balaban J connectivity index is 2.60. The molecule has 0 aliphatic carbocycles. The highest BCUT2D eigenvalue weighted by Crippen LogP contribution is 2.07. The van der Waals surface area contributed by atoms with Crippen LogP contribution in [0.4, 0.5) is 0 Å². The fourth-order valence-electron chi connectivity index (χ4n) is 1.86. The van der Waals surface area contributed by atoms with Gasteiger partial charge in [0.2, 0.25) is 0 Å². The third kappa shape index (κ3) is 2.22. The van der Waals surface area contributed by atoms with E-state index in [9.17, 15) is 4.79 Å². The number of aromatic nitrogens is 2. The van der Waals surface area contributed by atoms with E-state index < -0.39 is 0 Å². The molecular weight excluding hydrogens is 214 g/mol. The molecule has 1 aromatic carbocycles. The molecule has 1 aromatic heterocycles. The molecule has 0 saturated carbocycles. The van der Waals surface area contributed by atoms with Crippen LogP contribution in [0.2, 0.25) is 0 Å². The minimum Gasteiger partial charge on any atom is -0.326 e. The molecule has 0 fully saturated rings. The maximum absolute atomic E-state index is 12.3. The highest BCUT2D eigenvalue weighted by molar-refractivity contribution is 5.77. The summed E-state index contributed by atoms with van der Waals surface area (Å²) in [5.74, 6) is 0.720. The van der Waals surface area contributed by atoms with Gasteiger partial charge in [-0.2, -0.15) is 0 Å². The van der Waals surface area contributed by atoms with Gasteiger partial charge in [-0.15, -0.1) is 0 Å². The standard InChI is InChI=1S/C13H17N3O/c1-3-10(14)8-16-9(2)15-12-7-5-4-6-11(12)13(16)17/h4-7,10H,3,8,14H2,1-2H3/t10-/m1/s1. The number of rotatable bonds is 3. The minimum atomic E-state index is -0.00522. The van der Waals surface area contributed by atoms with Gasteiger partial charge in [-0.1, -0.05) is 19.1 Å². The molecule has 0 aliphatic rings. The van der Waals surface area contributed by atoms with Gasteiger partial charge in [0, 0.05) is 12.6 Å². The van der Waals surface area contributed by atoms with Gasteiger partial charge < -0.3 is 5.73 Å². The highest BCUT2D eigenvalue weighted by atomic mass is 16.1. The van der Waals surface area contributed by atoms with E-state index in [1.807, 2.05) is 32.0 Å². The molecule has 0 amide bonds. The van der Waals surface area contributed by atoms with Crippen molar-refractivity contribution in [2.45, 2.75) is 32.9 Å². The van der Waals surface area contributed by atoms with Gasteiger partial charge >= 0.3 is 0 Å². The number of benzene rings is 1. The fraction of sp³-hybridized carbons (Fsp3) is 0.385. The Morgan fingerprint density at radius 3 is 2.82 bits per heavy atom. The smallest absolute Gasteiger partial charge is 0.261 e. The lowest BCUT2D eigenvalue weighted by Gasteiger charge is -2.14. The number of hydrogen-bond donors (Lipinski definition) is 1. The van der Waals surface area contributed by atoms with Crippen molar-refractivity contribution in [1.82, 2.24) is 9.55 Å². The largest absolute Gasteiger partial charge is 0.326 e. The van der Waals surface area contributed by atoms with E-state index in [-0.39, 0.29) is 11.6 Å².